The van der Waals surface area contributed by atoms with Crippen molar-refractivity contribution < 1.29 is 19.5 Å². The van der Waals surface area contributed by atoms with E-state index in [1.54, 1.807) is 7.05 Å². The molecule has 1 saturated carbocycles. The molecule has 1 amide bonds. The molecular formula is C18H24N2O4. The van der Waals surface area contributed by atoms with Gasteiger partial charge in [-0.2, -0.15) is 0 Å². The van der Waals surface area contributed by atoms with Crippen LogP contribution in [0.1, 0.15) is 55.5 Å². The minimum Gasteiger partial charge on any atom is -0.478 e. The van der Waals surface area contributed by atoms with Crippen molar-refractivity contribution in [3.63, 3.8) is 0 Å². The second kappa shape index (κ2) is 7.03. The lowest BCUT2D eigenvalue weighted by Gasteiger charge is -2.37. The molecule has 2 unspecified atom stereocenters. The molecule has 1 aromatic rings. The van der Waals surface area contributed by atoms with E-state index in [1.165, 1.54) is 13.8 Å². The topological polar surface area (TPSA) is 88.0 Å². The zero-order valence-corrected chi connectivity index (χ0v) is 14.5. The molecule has 0 bridgehead atoms. The van der Waals surface area contributed by atoms with Crippen molar-refractivity contribution >= 4 is 17.6 Å². The molecule has 1 aliphatic carbocycles. The van der Waals surface area contributed by atoms with Gasteiger partial charge in [0, 0.05) is 18.5 Å². The Morgan fingerprint density at radius 1 is 1.25 bits per heavy atom. The summed E-state index contributed by atoms with van der Waals surface area (Å²) in [4.78, 5) is 27.8. The zero-order chi connectivity index (χ0) is 17.9. The lowest BCUT2D eigenvalue weighted by molar-refractivity contribution is -0.161. The van der Waals surface area contributed by atoms with E-state index < -0.39 is 11.6 Å². The Morgan fingerprint density at radius 3 is 2.33 bits per heavy atom. The number of amides is 1. The lowest BCUT2D eigenvalue weighted by Crippen LogP contribution is -2.35. The number of carboxylic acids is 1. The number of aliphatic carboxylic acids is 1. The fourth-order valence-corrected chi connectivity index (χ4v) is 2.72. The van der Waals surface area contributed by atoms with Gasteiger partial charge >= 0.3 is 5.97 Å². The van der Waals surface area contributed by atoms with Gasteiger partial charge in [0.2, 0.25) is 5.60 Å². The predicted octanol–water partition coefficient (Wildman–Crippen LogP) is 2.80. The van der Waals surface area contributed by atoms with Crippen LogP contribution in [0.5, 0.6) is 0 Å². The summed E-state index contributed by atoms with van der Waals surface area (Å²) < 4.78 is 0. The molecular weight excluding hydrogens is 308 g/mol. The summed E-state index contributed by atoms with van der Waals surface area (Å²) in [6.07, 6.45) is 2.03. The number of nitrogens with one attached hydrogen (secondary N) is 1. The Balaban J connectivity index is 2.06. The van der Waals surface area contributed by atoms with Crippen molar-refractivity contribution in [2.75, 3.05) is 7.05 Å². The zero-order valence-electron chi connectivity index (χ0n) is 14.5. The van der Waals surface area contributed by atoms with E-state index in [2.05, 4.69) is 10.5 Å². The van der Waals surface area contributed by atoms with Crippen molar-refractivity contribution in [3.05, 3.63) is 35.4 Å². The van der Waals surface area contributed by atoms with Gasteiger partial charge in [-0.15, -0.1) is 0 Å². The molecule has 6 heteroatoms. The van der Waals surface area contributed by atoms with Crippen LogP contribution in [0, 0.1) is 5.92 Å². The first kappa shape index (κ1) is 18.0. The van der Waals surface area contributed by atoms with Crippen LogP contribution >= 0.6 is 0 Å². The molecule has 2 rings (SSSR count). The van der Waals surface area contributed by atoms with Gasteiger partial charge < -0.3 is 15.3 Å². The number of oxime groups is 1. The van der Waals surface area contributed by atoms with Gasteiger partial charge in [0.05, 0.1) is 5.71 Å². The summed E-state index contributed by atoms with van der Waals surface area (Å²) in [5, 5.41) is 15.7. The molecule has 0 aliphatic heterocycles. The van der Waals surface area contributed by atoms with E-state index in [1.807, 2.05) is 31.2 Å². The number of carbonyl (C=O) groups excluding carboxylic acids is 1. The van der Waals surface area contributed by atoms with Crippen LogP contribution in [0.4, 0.5) is 0 Å². The summed E-state index contributed by atoms with van der Waals surface area (Å²) in [6, 6.07) is 7.58. The molecule has 2 atom stereocenters. The van der Waals surface area contributed by atoms with E-state index in [0.29, 0.717) is 11.5 Å². The van der Waals surface area contributed by atoms with Crippen LogP contribution in [0.3, 0.4) is 0 Å². The molecule has 24 heavy (non-hydrogen) atoms. The van der Waals surface area contributed by atoms with Crippen molar-refractivity contribution in [2.24, 2.45) is 11.1 Å². The second-order valence-electron chi connectivity index (χ2n) is 6.63. The van der Waals surface area contributed by atoms with Gasteiger partial charge in [0.25, 0.3) is 5.91 Å². The highest BCUT2D eigenvalue weighted by atomic mass is 16.7. The number of carbonyl (C=O) groups is 2. The van der Waals surface area contributed by atoms with E-state index in [4.69, 9.17) is 9.94 Å². The highest BCUT2D eigenvalue weighted by molar-refractivity contribution is 5.94. The molecule has 130 valence electrons. The maximum atomic E-state index is 11.6. The standard InChI is InChI=1S/C18H24N2O4/c1-11(20-24-18(2,3)17(22)23)14-9-10-15(14)12-5-7-13(8-6-12)16(21)19-4/h5-8,14-15H,9-10H2,1-4H3,(H,19,21)(H,22,23)/b20-11+. The van der Waals surface area contributed by atoms with Crippen LogP contribution in [0.15, 0.2) is 29.4 Å². The smallest absolute Gasteiger partial charge is 0.350 e. The van der Waals surface area contributed by atoms with Crippen molar-refractivity contribution in [1.82, 2.24) is 5.32 Å². The average Bonchev–Trinajstić information content (AvgIpc) is 2.52. The number of hydrogen-bond donors (Lipinski definition) is 2. The molecule has 0 saturated heterocycles. The number of hydrogen-bond acceptors (Lipinski definition) is 4. The summed E-state index contributed by atoms with van der Waals surface area (Å²) >= 11 is 0. The largest absolute Gasteiger partial charge is 0.478 e. The third-order valence-corrected chi connectivity index (χ3v) is 4.57. The fraction of sp³-hybridized carbons (Fsp3) is 0.500. The van der Waals surface area contributed by atoms with Gasteiger partial charge in [-0.3, -0.25) is 4.79 Å². The summed E-state index contributed by atoms with van der Waals surface area (Å²) in [5.74, 6) is -0.591. The Hall–Kier alpha value is -2.37. The molecule has 1 aromatic carbocycles. The van der Waals surface area contributed by atoms with Gasteiger partial charge in [-0.05, 0) is 57.2 Å². The van der Waals surface area contributed by atoms with Crippen LogP contribution in [-0.2, 0) is 9.63 Å². The molecule has 0 heterocycles. The molecule has 2 N–H and O–H groups in total. The van der Waals surface area contributed by atoms with Crippen molar-refractivity contribution in [1.29, 1.82) is 0 Å². The quantitative estimate of drug-likeness (QED) is 0.619. The van der Waals surface area contributed by atoms with Crippen LogP contribution < -0.4 is 5.32 Å². The Labute approximate surface area is 141 Å². The van der Waals surface area contributed by atoms with Crippen LogP contribution in [0.25, 0.3) is 0 Å². The van der Waals surface area contributed by atoms with Crippen LogP contribution in [0.2, 0.25) is 0 Å². The first-order valence-corrected chi connectivity index (χ1v) is 8.04. The molecule has 1 aliphatic rings. The number of rotatable bonds is 6. The van der Waals surface area contributed by atoms with Crippen molar-refractivity contribution in [2.45, 2.75) is 45.1 Å². The van der Waals surface area contributed by atoms with Gasteiger partial charge in [-0.1, -0.05) is 17.3 Å². The average molecular weight is 332 g/mol. The van der Waals surface area contributed by atoms with Crippen LogP contribution in [-0.4, -0.2) is 35.3 Å². The van der Waals surface area contributed by atoms with Gasteiger partial charge in [-0.25, -0.2) is 4.79 Å². The number of carboxylic acid groups (broad SMARTS) is 1. The highest BCUT2D eigenvalue weighted by Crippen LogP contribution is 2.43. The van der Waals surface area contributed by atoms with E-state index in [0.717, 1.165) is 24.1 Å². The fourth-order valence-electron chi connectivity index (χ4n) is 2.72. The minimum absolute atomic E-state index is 0.103. The Morgan fingerprint density at radius 2 is 1.88 bits per heavy atom. The minimum atomic E-state index is -1.34. The monoisotopic (exact) mass is 332 g/mol. The van der Waals surface area contributed by atoms with Crippen molar-refractivity contribution in [3.8, 4) is 0 Å². The van der Waals surface area contributed by atoms with E-state index in [-0.39, 0.29) is 11.8 Å². The molecule has 0 spiro atoms. The predicted molar refractivity (Wildman–Crippen MR) is 91.2 cm³/mol. The maximum absolute atomic E-state index is 11.6. The lowest BCUT2D eigenvalue weighted by atomic mass is 9.68. The first-order valence-electron chi connectivity index (χ1n) is 8.04. The van der Waals surface area contributed by atoms with Gasteiger partial charge in [0.1, 0.15) is 0 Å². The highest BCUT2D eigenvalue weighted by Gasteiger charge is 2.35. The maximum Gasteiger partial charge on any atom is 0.350 e. The second-order valence-corrected chi connectivity index (χ2v) is 6.63. The number of nitrogens with zero attached hydrogens (tertiary/aromatic N) is 1. The number of benzene rings is 1. The summed E-state index contributed by atoms with van der Waals surface area (Å²) in [5.41, 5.74) is 1.26. The van der Waals surface area contributed by atoms with E-state index in [9.17, 15) is 9.59 Å². The van der Waals surface area contributed by atoms with E-state index >= 15 is 0 Å². The third kappa shape index (κ3) is 3.75. The molecule has 6 nitrogen and oxygen atoms in total. The molecule has 1 fully saturated rings. The summed E-state index contributed by atoms with van der Waals surface area (Å²) in [6.45, 7) is 4.82. The Kier molecular flexibility index (Phi) is 5.26. The SMILES string of the molecule is CNC(=O)c1ccc(C2CCC2/C(C)=N/OC(C)(C)C(=O)O)cc1. The van der Waals surface area contributed by atoms with Gasteiger partial charge in [0.15, 0.2) is 0 Å². The normalized spacial score (nSPS) is 20.9. The summed E-state index contributed by atoms with van der Waals surface area (Å²) in [7, 11) is 1.61. The first-order chi connectivity index (χ1) is 11.3. The molecule has 0 aromatic heterocycles. The third-order valence-electron chi connectivity index (χ3n) is 4.57. The molecule has 0 radical (unpaired) electrons. The Bertz CT molecular complexity index is 649.